The van der Waals surface area contributed by atoms with E-state index in [9.17, 15) is 4.79 Å². The van der Waals surface area contributed by atoms with E-state index in [1.165, 1.54) is 4.88 Å². The zero-order valence-corrected chi connectivity index (χ0v) is 15.0. The fourth-order valence-electron chi connectivity index (χ4n) is 2.84. The van der Waals surface area contributed by atoms with E-state index in [1.54, 1.807) is 11.3 Å². The molecular formula is C18H21ClN2O2S. The van der Waals surface area contributed by atoms with Crippen molar-refractivity contribution >= 4 is 28.8 Å². The van der Waals surface area contributed by atoms with Gasteiger partial charge in [0.25, 0.3) is 0 Å². The van der Waals surface area contributed by atoms with Crippen molar-refractivity contribution in [2.24, 2.45) is 0 Å². The molecule has 0 aliphatic carbocycles. The Bertz CT molecular complexity index is 640. The summed E-state index contributed by atoms with van der Waals surface area (Å²) < 4.78 is 5.45. The van der Waals surface area contributed by atoms with Crippen molar-refractivity contribution in [3.63, 3.8) is 0 Å². The summed E-state index contributed by atoms with van der Waals surface area (Å²) in [7, 11) is 0. The summed E-state index contributed by atoms with van der Waals surface area (Å²) in [5.41, 5.74) is 0.968. The maximum Gasteiger partial charge on any atom is 0.224 e. The van der Waals surface area contributed by atoms with Crippen LogP contribution in [0.5, 0.6) is 0 Å². The van der Waals surface area contributed by atoms with E-state index in [0.717, 1.165) is 31.9 Å². The third kappa shape index (κ3) is 4.80. The average Bonchev–Trinajstić information content (AvgIpc) is 3.12. The summed E-state index contributed by atoms with van der Waals surface area (Å²) in [5.74, 6) is 0.0344. The number of carbonyl (C=O) groups excluding carboxylic acids is 1. The molecule has 0 spiro atoms. The van der Waals surface area contributed by atoms with Crippen LogP contribution in [0, 0.1) is 0 Å². The highest BCUT2D eigenvalue weighted by atomic mass is 35.5. The first-order valence-corrected chi connectivity index (χ1v) is 9.34. The molecule has 0 saturated carbocycles. The molecule has 2 aromatic rings. The lowest BCUT2D eigenvalue weighted by atomic mass is 10.1. The van der Waals surface area contributed by atoms with Gasteiger partial charge in [-0.15, -0.1) is 11.3 Å². The van der Waals surface area contributed by atoms with Crippen LogP contribution >= 0.6 is 22.9 Å². The van der Waals surface area contributed by atoms with E-state index in [-0.39, 0.29) is 11.9 Å². The lowest BCUT2D eigenvalue weighted by molar-refractivity contribution is -0.120. The number of halogens is 1. The normalized spacial score (nSPS) is 16.7. The van der Waals surface area contributed by atoms with Crippen LogP contribution < -0.4 is 5.32 Å². The van der Waals surface area contributed by atoms with Gasteiger partial charge in [-0.1, -0.05) is 29.8 Å². The Morgan fingerprint density at radius 2 is 2.00 bits per heavy atom. The Morgan fingerprint density at radius 3 is 2.67 bits per heavy atom. The quantitative estimate of drug-likeness (QED) is 0.856. The minimum Gasteiger partial charge on any atom is -0.379 e. The topological polar surface area (TPSA) is 41.6 Å². The molecule has 1 atom stereocenters. The number of thiophene rings is 1. The maximum absolute atomic E-state index is 12.3. The molecule has 6 heteroatoms. The molecule has 128 valence electrons. The van der Waals surface area contributed by atoms with E-state index in [1.807, 2.05) is 24.3 Å². The third-order valence-electron chi connectivity index (χ3n) is 4.13. The number of hydrogen-bond donors (Lipinski definition) is 1. The second kappa shape index (κ2) is 8.62. The van der Waals surface area contributed by atoms with Gasteiger partial charge in [-0.25, -0.2) is 0 Å². The number of benzene rings is 1. The molecule has 1 saturated heterocycles. The number of nitrogens with zero attached hydrogens (tertiary/aromatic N) is 1. The van der Waals surface area contributed by atoms with Crippen LogP contribution in [0.1, 0.15) is 16.5 Å². The molecule has 1 amide bonds. The molecule has 1 N–H and O–H groups in total. The van der Waals surface area contributed by atoms with Crippen molar-refractivity contribution in [1.82, 2.24) is 10.2 Å². The standard InChI is InChI=1S/C18H21ClN2O2S/c19-15-5-3-14(4-6-15)12-18(22)20-13-16(17-2-1-11-24-17)21-7-9-23-10-8-21/h1-6,11,16H,7-10,12-13H2,(H,20,22). The molecule has 1 fully saturated rings. The Labute approximate surface area is 151 Å². The monoisotopic (exact) mass is 364 g/mol. The van der Waals surface area contributed by atoms with Gasteiger partial charge in [0.1, 0.15) is 0 Å². The van der Waals surface area contributed by atoms with Gasteiger partial charge in [-0.3, -0.25) is 9.69 Å². The van der Waals surface area contributed by atoms with Crippen molar-refractivity contribution in [2.75, 3.05) is 32.8 Å². The molecule has 0 radical (unpaired) electrons. The van der Waals surface area contributed by atoms with Crippen molar-refractivity contribution in [3.05, 3.63) is 57.2 Å². The van der Waals surface area contributed by atoms with E-state index >= 15 is 0 Å². The van der Waals surface area contributed by atoms with Crippen molar-refractivity contribution in [3.8, 4) is 0 Å². The Balaban J connectivity index is 1.58. The molecule has 1 aliphatic heterocycles. The highest BCUT2D eigenvalue weighted by Gasteiger charge is 2.23. The van der Waals surface area contributed by atoms with Crippen molar-refractivity contribution in [1.29, 1.82) is 0 Å². The maximum atomic E-state index is 12.3. The van der Waals surface area contributed by atoms with Crippen LogP contribution in [-0.4, -0.2) is 43.7 Å². The van der Waals surface area contributed by atoms with E-state index in [4.69, 9.17) is 16.3 Å². The number of amides is 1. The molecule has 4 nitrogen and oxygen atoms in total. The van der Waals surface area contributed by atoms with Gasteiger partial charge in [0.15, 0.2) is 0 Å². The van der Waals surface area contributed by atoms with Crippen LogP contribution in [0.25, 0.3) is 0 Å². The van der Waals surface area contributed by atoms with Gasteiger partial charge in [0.05, 0.1) is 25.7 Å². The summed E-state index contributed by atoms with van der Waals surface area (Å²) in [6.45, 7) is 3.92. The predicted octanol–water partition coefficient (Wildman–Crippen LogP) is 3.13. The summed E-state index contributed by atoms with van der Waals surface area (Å²) in [5, 5.41) is 5.85. The molecule has 1 aromatic heterocycles. The molecular weight excluding hydrogens is 344 g/mol. The van der Waals surface area contributed by atoms with E-state index < -0.39 is 0 Å². The van der Waals surface area contributed by atoms with Gasteiger partial charge < -0.3 is 10.1 Å². The molecule has 3 rings (SSSR count). The molecule has 24 heavy (non-hydrogen) atoms. The summed E-state index contributed by atoms with van der Waals surface area (Å²) in [6.07, 6.45) is 0.372. The number of ether oxygens (including phenoxy) is 1. The van der Waals surface area contributed by atoms with E-state index in [0.29, 0.717) is 18.0 Å². The smallest absolute Gasteiger partial charge is 0.224 e. The first kappa shape index (κ1) is 17.4. The number of morpholine rings is 1. The number of rotatable bonds is 6. The van der Waals surface area contributed by atoms with Crippen LogP contribution in [0.15, 0.2) is 41.8 Å². The number of carbonyl (C=O) groups is 1. The Morgan fingerprint density at radius 1 is 1.25 bits per heavy atom. The Kier molecular flexibility index (Phi) is 6.26. The minimum absolute atomic E-state index is 0.0344. The third-order valence-corrected chi connectivity index (χ3v) is 5.35. The summed E-state index contributed by atoms with van der Waals surface area (Å²) in [6, 6.07) is 11.8. The van der Waals surface area contributed by atoms with Crippen molar-refractivity contribution in [2.45, 2.75) is 12.5 Å². The fraction of sp³-hybridized carbons (Fsp3) is 0.389. The number of nitrogens with one attached hydrogen (secondary N) is 1. The van der Waals surface area contributed by atoms with Crippen LogP contribution in [0.4, 0.5) is 0 Å². The lowest BCUT2D eigenvalue weighted by Gasteiger charge is -2.34. The van der Waals surface area contributed by atoms with E-state index in [2.05, 4.69) is 27.7 Å². The van der Waals surface area contributed by atoms with Crippen molar-refractivity contribution < 1.29 is 9.53 Å². The zero-order valence-electron chi connectivity index (χ0n) is 13.4. The summed E-state index contributed by atoms with van der Waals surface area (Å²) >= 11 is 7.61. The summed E-state index contributed by atoms with van der Waals surface area (Å²) in [4.78, 5) is 15.9. The van der Waals surface area contributed by atoms with Gasteiger partial charge in [-0.2, -0.15) is 0 Å². The first-order valence-electron chi connectivity index (χ1n) is 8.09. The second-order valence-corrected chi connectivity index (χ2v) is 7.20. The zero-order chi connectivity index (χ0) is 16.8. The molecule has 2 heterocycles. The van der Waals surface area contributed by atoms with Gasteiger partial charge in [-0.05, 0) is 29.1 Å². The molecule has 1 unspecified atom stereocenters. The predicted molar refractivity (Wildman–Crippen MR) is 97.6 cm³/mol. The molecule has 1 aliphatic rings. The second-order valence-electron chi connectivity index (χ2n) is 5.79. The minimum atomic E-state index is 0.0344. The Hall–Kier alpha value is -1.40. The number of hydrogen-bond acceptors (Lipinski definition) is 4. The average molecular weight is 365 g/mol. The van der Waals surface area contributed by atoms with Gasteiger partial charge in [0.2, 0.25) is 5.91 Å². The fourth-order valence-corrected chi connectivity index (χ4v) is 3.83. The van der Waals surface area contributed by atoms with Crippen LogP contribution in [0.2, 0.25) is 5.02 Å². The molecule has 0 bridgehead atoms. The first-order chi connectivity index (χ1) is 11.7. The van der Waals surface area contributed by atoms with Crippen LogP contribution in [0.3, 0.4) is 0 Å². The largest absolute Gasteiger partial charge is 0.379 e. The molecule has 1 aromatic carbocycles. The highest BCUT2D eigenvalue weighted by Crippen LogP contribution is 2.25. The van der Waals surface area contributed by atoms with Crippen LogP contribution in [-0.2, 0) is 16.0 Å². The van der Waals surface area contributed by atoms with Gasteiger partial charge >= 0.3 is 0 Å². The van der Waals surface area contributed by atoms with Gasteiger partial charge in [0, 0.05) is 29.5 Å². The lowest BCUT2D eigenvalue weighted by Crippen LogP contribution is -2.43. The highest BCUT2D eigenvalue weighted by molar-refractivity contribution is 7.10. The SMILES string of the molecule is O=C(Cc1ccc(Cl)cc1)NCC(c1cccs1)N1CCOCC1.